The number of hydrogen-bond acceptors (Lipinski definition) is 6. The van der Waals surface area contributed by atoms with Crippen LogP contribution in [0.3, 0.4) is 0 Å². The van der Waals surface area contributed by atoms with Crippen molar-refractivity contribution in [3.05, 3.63) is 80.6 Å². The highest BCUT2D eigenvalue weighted by Crippen LogP contribution is 2.46. The fourth-order valence-electron chi connectivity index (χ4n) is 4.47. The Morgan fingerprint density at radius 1 is 1.25 bits per heavy atom. The molecule has 0 unspecified atom stereocenters. The minimum atomic E-state index is -0.768. The number of thioether (sulfide) groups is 1. The molecule has 1 aliphatic heterocycles. The SMILES string of the molecule is CCSCCOC(=O)C1=C(C)NC2=C(C(=O)C[C@H](c3cccs3)C2)[C@H]1c1ccccc1F. The van der Waals surface area contributed by atoms with Crippen LogP contribution in [0.1, 0.15) is 49.0 Å². The van der Waals surface area contributed by atoms with Gasteiger partial charge in [-0.15, -0.1) is 11.3 Å². The molecule has 2 heterocycles. The van der Waals surface area contributed by atoms with Crippen molar-refractivity contribution in [2.24, 2.45) is 0 Å². The average Bonchev–Trinajstić information content (AvgIpc) is 3.31. The van der Waals surface area contributed by atoms with Gasteiger partial charge in [0.1, 0.15) is 12.4 Å². The van der Waals surface area contributed by atoms with Crippen molar-refractivity contribution in [3.63, 3.8) is 0 Å². The van der Waals surface area contributed by atoms with Gasteiger partial charge in [-0.05, 0) is 36.6 Å². The Morgan fingerprint density at radius 2 is 2.06 bits per heavy atom. The number of allylic oxidation sites excluding steroid dienone is 3. The minimum Gasteiger partial charge on any atom is -0.461 e. The van der Waals surface area contributed by atoms with Crippen molar-refractivity contribution < 1.29 is 18.7 Å². The number of ketones is 1. The number of esters is 1. The molecule has 0 spiro atoms. The van der Waals surface area contributed by atoms with Gasteiger partial charge in [0.25, 0.3) is 0 Å². The van der Waals surface area contributed by atoms with E-state index in [0.717, 1.165) is 16.3 Å². The molecule has 1 N–H and O–H groups in total. The fourth-order valence-corrected chi connectivity index (χ4v) is 5.79. The number of Topliss-reactive ketones (excluding diaryl/α,β-unsaturated/α-hetero) is 1. The summed E-state index contributed by atoms with van der Waals surface area (Å²) in [6.07, 6.45) is 1.000. The summed E-state index contributed by atoms with van der Waals surface area (Å²) in [5.74, 6) is -0.0298. The molecule has 0 fully saturated rings. The number of ether oxygens (including phenoxy) is 1. The lowest BCUT2D eigenvalue weighted by Crippen LogP contribution is -2.36. The first-order valence-corrected chi connectivity index (χ1v) is 12.8. The Hall–Kier alpha value is -2.38. The summed E-state index contributed by atoms with van der Waals surface area (Å²) in [7, 11) is 0. The molecule has 0 radical (unpaired) electrons. The van der Waals surface area contributed by atoms with Crippen molar-refractivity contribution >= 4 is 34.9 Å². The maximum absolute atomic E-state index is 14.9. The van der Waals surface area contributed by atoms with Crippen molar-refractivity contribution in [1.82, 2.24) is 5.32 Å². The van der Waals surface area contributed by atoms with Crippen molar-refractivity contribution in [2.45, 2.75) is 38.5 Å². The molecule has 0 amide bonds. The first-order chi connectivity index (χ1) is 15.5. The third kappa shape index (κ3) is 4.55. The second kappa shape index (κ2) is 10.0. The smallest absolute Gasteiger partial charge is 0.336 e. The summed E-state index contributed by atoms with van der Waals surface area (Å²) in [5, 5.41) is 5.32. The van der Waals surface area contributed by atoms with Gasteiger partial charge in [0.05, 0.1) is 11.5 Å². The molecule has 0 saturated carbocycles. The Morgan fingerprint density at radius 3 is 2.78 bits per heavy atom. The fraction of sp³-hybridized carbons (Fsp3) is 0.360. The third-order valence-corrected chi connectivity index (χ3v) is 7.77. The van der Waals surface area contributed by atoms with E-state index in [4.69, 9.17) is 4.74 Å². The van der Waals surface area contributed by atoms with Gasteiger partial charge in [-0.2, -0.15) is 11.8 Å². The van der Waals surface area contributed by atoms with Crippen molar-refractivity contribution in [2.75, 3.05) is 18.1 Å². The third-order valence-electron chi connectivity index (χ3n) is 5.87. The van der Waals surface area contributed by atoms with E-state index < -0.39 is 17.7 Å². The lowest BCUT2D eigenvalue weighted by molar-refractivity contribution is -0.138. The molecule has 7 heteroatoms. The number of nitrogens with one attached hydrogen (secondary N) is 1. The summed E-state index contributed by atoms with van der Waals surface area (Å²) >= 11 is 3.32. The zero-order valence-electron chi connectivity index (χ0n) is 18.2. The van der Waals surface area contributed by atoms with Gasteiger partial charge >= 0.3 is 5.97 Å². The van der Waals surface area contributed by atoms with E-state index in [9.17, 15) is 14.0 Å². The maximum Gasteiger partial charge on any atom is 0.336 e. The van der Waals surface area contributed by atoms with Crippen LogP contribution >= 0.6 is 23.1 Å². The summed E-state index contributed by atoms with van der Waals surface area (Å²) in [5.41, 5.74) is 2.54. The van der Waals surface area contributed by atoms with E-state index >= 15 is 0 Å². The molecule has 1 aliphatic carbocycles. The Kier molecular flexibility index (Phi) is 7.16. The first-order valence-electron chi connectivity index (χ1n) is 10.8. The summed E-state index contributed by atoms with van der Waals surface area (Å²) in [6, 6.07) is 10.4. The maximum atomic E-state index is 14.9. The second-order valence-corrected chi connectivity index (χ2v) is 10.3. The van der Waals surface area contributed by atoms with Crippen LogP contribution in [0.25, 0.3) is 0 Å². The van der Waals surface area contributed by atoms with Crippen LogP contribution < -0.4 is 5.32 Å². The van der Waals surface area contributed by atoms with Crippen molar-refractivity contribution in [3.8, 4) is 0 Å². The normalized spacial score (nSPS) is 20.8. The lowest BCUT2D eigenvalue weighted by Gasteiger charge is -2.36. The molecule has 1 aromatic carbocycles. The molecular weight excluding hydrogens is 445 g/mol. The Labute approximate surface area is 195 Å². The Bertz CT molecular complexity index is 1070. The van der Waals surface area contributed by atoms with Crippen molar-refractivity contribution in [1.29, 1.82) is 0 Å². The summed E-state index contributed by atoms with van der Waals surface area (Å²) in [6.45, 7) is 4.12. The highest BCUT2D eigenvalue weighted by Gasteiger charge is 2.42. The second-order valence-electron chi connectivity index (χ2n) is 7.89. The van der Waals surface area contributed by atoms with E-state index in [1.54, 1.807) is 48.2 Å². The number of benzene rings is 1. The number of halogens is 1. The van der Waals surface area contributed by atoms with Crippen LogP contribution in [-0.4, -0.2) is 29.9 Å². The van der Waals surface area contributed by atoms with E-state index in [1.165, 1.54) is 6.07 Å². The number of carbonyl (C=O) groups excluding carboxylic acids is 2. The molecule has 1 aromatic heterocycles. The molecule has 4 nitrogen and oxygen atoms in total. The number of dihydropyridines is 1. The van der Waals surface area contributed by atoms with Crippen LogP contribution in [0.15, 0.2) is 64.3 Å². The topological polar surface area (TPSA) is 55.4 Å². The highest BCUT2D eigenvalue weighted by atomic mass is 32.2. The summed E-state index contributed by atoms with van der Waals surface area (Å²) in [4.78, 5) is 27.7. The predicted molar refractivity (Wildman–Crippen MR) is 127 cm³/mol. The first kappa shape index (κ1) is 22.8. The average molecular weight is 472 g/mol. The minimum absolute atomic E-state index is 0.0512. The molecule has 0 bridgehead atoms. The Balaban J connectivity index is 1.73. The molecule has 2 aromatic rings. The van der Waals surface area contributed by atoms with Gasteiger partial charge in [0.15, 0.2) is 5.78 Å². The van der Waals surface area contributed by atoms with E-state index in [1.807, 2.05) is 24.4 Å². The monoisotopic (exact) mass is 471 g/mol. The molecule has 2 aliphatic rings. The summed E-state index contributed by atoms with van der Waals surface area (Å²) < 4.78 is 20.5. The molecule has 4 rings (SSSR count). The van der Waals surface area contributed by atoms with E-state index in [0.29, 0.717) is 41.0 Å². The van der Waals surface area contributed by atoms with Crippen LogP contribution in [-0.2, 0) is 14.3 Å². The largest absolute Gasteiger partial charge is 0.461 e. The van der Waals surface area contributed by atoms with Crippen LogP contribution in [0, 0.1) is 5.82 Å². The van der Waals surface area contributed by atoms with Crippen LogP contribution in [0.5, 0.6) is 0 Å². The number of carbonyl (C=O) groups is 2. The van der Waals surface area contributed by atoms with E-state index in [2.05, 4.69) is 5.32 Å². The highest BCUT2D eigenvalue weighted by molar-refractivity contribution is 7.99. The van der Waals surface area contributed by atoms with Gasteiger partial charge in [0, 0.05) is 45.5 Å². The predicted octanol–water partition coefficient (Wildman–Crippen LogP) is 5.55. The zero-order chi connectivity index (χ0) is 22.7. The molecule has 32 heavy (non-hydrogen) atoms. The molecule has 168 valence electrons. The van der Waals surface area contributed by atoms with E-state index in [-0.39, 0.29) is 18.3 Å². The lowest BCUT2D eigenvalue weighted by atomic mass is 9.72. The zero-order valence-corrected chi connectivity index (χ0v) is 19.8. The van der Waals surface area contributed by atoms with Crippen LogP contribution in [0.4, 0.5) is 4.39 Å². The molecule has 0 saturated heterocycles. The van der Waals surface area contributed by atoms with Crippen LogP contribution in [0.2, 0.25) is 0 Å². The number of rotatable bonds is 7. The standard InChI is InChI=1S/C25H26FNO3S2/c1-3-31-12-10-30-25(29)22-15(2)27-19-13-16(21-9-6-11-32-21)14-20(28)24(19)23(22)17-7-4-5-8-18(17)26/h4-9,11,16,23,27H,3,10,12-14H2,1-2H3/t16-,23+/m1/s1. The number of thiophene rings is 1. The number of hydrogen-bond donors (Lipinski definition) is 1. The van der Waals surface area contributed by atoms with Gasteiger partial charge in [-0.25, -0.2) is 9.18 Å². The van der Waals surface area contributed by atoms with Gasteiger partial charge in [-0.3, -0.25) is 4.79 Å². The molecule has 2 atom stereocenters. The van der Waals surface area contributed by atoms with Gasteiger partial charge < -0.3 is 10.1 Å². The quantitative estimate of drug-likeness (QED) is 0.424. The van der Waals surface area contributed by atoms with Gasteiger partial charge in [-0.1, -0.05) is 31.2 Å². The van der Waals surface area contributed by atoms with Gasteiger partial charge in [0.2, 0.25) is 0 Å². The molecular formula is C25H26FNO3S2.